The molecule has 0 spiro atoms. The van der Waals surface area contributed by atoms with Gasteiger partial charge in [0.05, 0.1) is 11.1 Å². The Kier molecular flexibility index (Phi) is 5.02. The lowest BCUT2D eigenvalue weighted by Crippen LogP contribution is -2.14. The summed E-state index contributed by atoms with van der Waals surface area (Å²) in [6, 6.07) is 5.16. The number of pyridine rings is 1. The highest BCUT2D eigenvalue weighted by Gasteiger charge is 2.31. The van der Waals surface area contributed by atoms with E-state index >= 15 is 0 Å². The van der Waals surface area contributed by atoms with Crippen LogP contribution in [0, 0.1) is 0 Å². The van der Waals surface area contributed by atoms with Gasteiger partial charge in [0, 0.05) is 11.8 Å². The zero-order chi connectivity index (χ0) is 17.9. The van der Waals surface area contributed by atoms with Gasteiger partial charge >= 0.3 is 12.1 Å². The molecule has 0 bridgehead atoms. The number of carbonyl (C=O) groups is 2. The van der Waals surface area contributed by atoms with Crippen LogP contribution in [-0.4, -0.2) is 21.8 Å². The molecule has 0 aliphatic heterocycles. The number of halogens is 3. The van der Waals surface area contributed by atoms with Crippen molar-refractivity contribution >= 4 is 11.8 Å². The molecule has 0 fully saturated rings. The van der Waals surface area contributed by atoms with E-state index in [1.54, 1.807) is 0 Å². The van der Waals surface area contributed by atoms with Gasteiger partial charge in [0.15, 0.2) is 0 Å². The van der Waals surface area contributed by atoms with Crippen molar-refractivity contribution in [2.75, 3.05) is 0 Å². The molecule has 126 valence electrons. The van der Waals surface area contributed by atoms with Crippen molar-refractivity contribution in [3.8, 4) is 0 Å². The van der Waals surface area contributed by atoms with Crippen LogP contribution in [0.15, 0.2) is 36.5 Å². The van der Waals surface area contributed by atoms with Crippen molar-refractivity contribution in [2.24, 2.45) is 0 Å². The fraction of sp³-hybridized carbons (Fsp3) is 0.235. The van der Waals surface area contributed by atoms with E-state index in [1.165, 1.54) is 18.3 Å². The van der Waals surface area contributed by atoms with Crippen LogP contribution in [0.1, 0.15) is 50.9 Å². The van der Waals surface area contributed by atoms with E-state index in [9.17, 15) is 27.9 Å². The molecular formula is C17H14F3NO3. The van der Waals surface area contributed by atoms with E-state index in [0.717, 1.165) is 18.6 Å². The maximum absolute atomic E-state index is 12.8. The number of hydrogen-bond donors (Lipinski definition) is 1. The van der Waals surface area contributed by atoms with Gasteiger partial charge in [0.2, 0.25) is 5.78 Å². The second kappa shape index (κ2) is 6.82. The minimum absolute atomic E-state index is 0.261. The fourth-order valence-corrected chi connectivity index (χ4v) is 2.25. The van der Waals surface area contributed by atoms with Gasteiger partial charge in [-0.25, -0.2) is 4.79 Å². The van der Waals surface area contributed by atoms with Crippen molar-refractivity contribution in [2.45, 2.75) is 25.9 Å². The number of benzene rings is 1. The lowest BCUT2D eigenvalue weighted by Gasteiger charge is -2.10. The molecule has 0 unspecified atom stereocenters. The lowest BCUT2D eigenvalue weighted by atomic mass is 10.00. The maximum atomic E-state index is 12.8. The molecule has 0 aliphatic carbocycles. The van der Waals surface area contributed by atoms with Crippen LogP contribution in [0.25, 0.3) is 0 Å². The largest absolute Gasteiger partial charge is 0.478 e. The second-order valence-corrected chi connectivity index (χ2v) is 5.20. The summed E-state index contributed by atoms with van der Waals surface area (Å²) in [7, 11) is 0. The van der Waals surface area contributed by atoms with E-state index in [1.807, 2.05) is 6.92 Å². The molecular weight excluding hydrogens is 323 g/mol. The molecule has 24 heavy (non-hydrogen) atoms. The SMILES string of the molecule is CCCc1cnc(C(=O)c2cccc(C(F)(F)F)c2)c(C(=O)O)c1. The molecule has 0 saturated carbocycles. The van der Waals surface area contributed by atoms with Crippen LogP contribution in [0.2, 0.25) is 0 Å². The zero-order valence-electron chi connectivity index (χ0n) is 12.7. The molecule has 1 aromatic heterocycles. The molecule has 1 aromatic carbocycles. The number of carboxylic acid groups (broad SMARTS) is 1. The summed E-state index contributed by atoms with van der Waals surface area (Å²) in [5.41, 5.74) is -1.28. The summed E-state index contributed by atoms with van der Waals surface area (Å²) in [6.07, 6.45) is -1.87. The molecule has 4 nitrogen and oxygen atoms in total. The number of alkyl halides is 3. The topological polar surface area (TPSA) is 67.3 Å². The van der Waals surface area contributed by atoms with Gasteiger partial charge in [-0.2, -0.15) is 13.2 Å². The van der Waals surface area contributed by atoms with Crippen molar-refractivity contribution < 1.29 is 27.9 Å². The average molecular weight is 337 g/mol. The van der Waals surface area contributed by atoms with E-state index < -0.39 is 23.5 Å². The summed E-state index contributed by atoms with van der Waals surface area (Å²) in [5.74, 6) is -2.21. The number of aromatic carboxylic acids is 1. The number of hydrogen-bond acceptors (Lipinski definition) is 3. The molecule has 7 heteroatoms. The Labute approximate surface area is 136 Å². The van der Waals surface area contributed by atoms with E-state index in [2.05, 4.69) is 4.98 Å². The quantitative estimate of drug-likeness (QED) is 0.838. The first-order valence-electron chi connectivity index (χ1n) is 7.18. The number of carboxylic acids is 1. The van der Waals surface area contributed by atoms with Crippen molar-refractivity contribution in [3.05, 3.63) is 64.5 Å². The van der Waals surface area contributed by atoms with Gasteiger partial charge in [0.25, 0.3) is 0 Å². The molecule has 0 saturated heterocycles. The third-order valence-corrected chi connectivity index (χ3v) is 3.38. The van der Waals surface area contributed by atoms with Gasteiger partial charge in [-0.3, -0.25) is 9.78 Å². The minimum Gasteiger partial charge on any atom is -0.478 e. The highest BCUT2D eigenvalue weighted by atomic mass is 19.4. The van der Waals surface area contributed by atoms with Crippen LogP contribution in [0.5, 0.6) is 0 Å². The molecule has 0 atom stereocenters. The minimum atomic E-state index is -4.59. The molecule has 1 N–H and O–H groups in total. The molecule has 0 radical (unpaired) electrons. The maximum Gasteiger partial charge on any atom is 0.416 e. The van der Waals surface area contributed by atoms with E-state index in [4.69, 9.17) is 0 Å². The van der Waals surface area contributed by atoms with E-state index in [0.29, 0.717) is 18.1 Å². The van der Waals surface area contributed by atoms with Crippen LogP contribution < -0.4 is 0 Å². The Hall–Kier alpha value is -2.70. The molecule has 2 aromatic rings. The average Bonchev–Trinajstić information content (AvgIpc) is 2.53. The number of nitrogens with zero attached hydrogens (tertiary/aromatic N) is 1. The first-order valence-corrected chi connectivity index (χ1v) is 7.18. The van der Waals surface area contributed by atoms with Gasteiger partial charge in [-0.05, 0) is 30.2 Å². The van der Waals surface area contributed by atoms with Crippen LogP contribution in [0.3, 0.4) is 0 Å². The van der Waals surface area contributed by atoms with Gasteiger partial charge in [-0.15, -0.1) is 0 Å². The van der Waals surface area contributed by atoms with Crippen molar-refractivity contribution in [1.29, 1.82) is 0 Å². The van der Waals surface area contributed by atoms with Crippen LogP contribution in [-0.2, 0) is 12.6 Å². The number of carbonyl (C=O) groups excluding carboxylic acids is 1. The summed E-state index contributed by atoms with van der Waals surface area (Å²) in [6.45, 7) is 1.90. The van der Waals surface area contributed by atoms with Gasteiger partial charge in [-0.1, -0.05) is 25.5 Å². The standard InChI is InChI=1S/C17H14F3NO3/c1-2-4-10-7-13(16(23)24)14(21-9-10)15(22)11-5-3-6-12(8-11)17(18,19)20/h3,5-9H,2,4H2,1H3,(H,23,24). The van der Waals surface area contributed by atoms with E-state index in [-0.39, 0.29) is 16.8 Å². The lowest BCUT2D eigenvalue weighted by molar-refractivity contribution is -0.137. The van der Waals surface area contributed by atoms with Gasteiger partial charge < -0.3 is 5.11 Å². The summed E-state index contributed by atoms with van der Waals surface area (Å²) >= 11 is 0. The van der Waals surface area contributed by atoms with Crippen molar-refractivity contribution in [3.63, 3.8) is 0 Å². The summed E-state index contributed by atoms with van der Waals surface area (Å²) in [5, 5.41) is 9.27. The number of rotatable bonds is 5. The normalized spacial score (nSPS) is 11.3. The molecule has 0 aliphatic rings. The predicted molar refractivity (Wildman–Crippen MR) is 80.1 cm³/mol. The second-order valence-electron chi connectivity index (χ2n) is 5.20. The Bertz CT molecular complexity index is 785. The number of aryl methyl sites for hydroxylation is 1. The third-order valence-electron chi connectivity index (χ3n) is 3.38. The number of ketones is 1. The number of aromatic nitrogens is 1. The summed E-state index contributed by atoms with van der Waals surface area (Å²) < 4.78 is 38.3. The highest BCUT2D eigenvalue weighted by molar-refractivity contribution is 6.13. The van der Waals surface area contributed by atoms with Crippen molar-refractivity contribution in [1.82, 2.24) is 4.98 Å². The molecule has 2 rings (SSSR count). The summed E-state index contributed by atoms with van der Waals surface area (Å²) in [4.78, 5) is 27.7. The highest BCUT2D eigenvalue weighted by Crippen LogP contribution is 2.30. The monoisotopic (exact) mass is 337 g/mol. The fourth-order valence-electron chi connectivity index (χ4n) is 2.25. The molecule has 0 amide bonds. The molecule has 1 heterocycles. The first kappa shape index (κ1) is 17.7. The Balaban J connectivity index is 2.48. The Morgan fingerprint density at radius 1 is 1.21 bits per heavy atom. The first-order chi connectivity index (χ1) is 11.2. The Morgan fingerprint density at radius 3 is 2.50 bits per heavy atom. The van der Waals surface area contributed by atoms with Crippen LogP contribution >= 0.6 is 0 Å². The van der Waals surface area contributed by atoms with Crippen LogP contribution in [0.4, 0.5) is 13.2 Å². The predicted octanol–water partition coefficient (Wildman–Crippen LogP) is 3.98. The Morgan fingerprint density at radius 2 is 1.92 bits per heavy atom. The third kappa shape index (κ3) is 3.79. The smallest absolute Gasteiger partial charge is 0.416 e. The zero-order valence-corrected chi connectivity index (χ0v) is 12.7. The van der Waals surface area contributed by atoms with Gasteiger partial charge in [0.1, 0.15) is 5.69 Å².